The van der Waals surface area contributed by atoms with Crippen LogP contribution in [0.15, 0.2) is 30.0 Å². The molecule has 0 aromatic heterocycles. The van der Waals surface area contributed by atoms with E-state index in [2.05, 4.69) is 4.74 Å². The molecule has 1 aromatic carbocycles. The Morgan fingerprint density at radius 3 is 2.56 bits per heavy atom. The number of nitro groups is 1. The van der Waals surface area contributed by atoms with Crippen LogP contribution in [0.5, 0.6) is 5.75 Å². The second-order valence-corrected chi connectivity index (χ2v) is 3.33. The number of para-hydroxylation sites is 1. The van der Waals surface area contributed by atoms with Crippen LogP contribution in [0.4, 0.5) is 13.2 Å². The van der Waals surface area contributed by atoms with Gasteiger partial charge in [-0.1, -0.05) is 25.1 Å². The molecule has 0 spiro atoms. The highest BCUT2D eigenvalue weighted by Crippen LogP contribution is 2.28. The molecular weight excluding hydrogens is 251 g/mol. The first kappa shape index (κ1) is 14.0. The summed E-state index contributed by atoms with van der Waals surface area (Å²) in [7, 11) is 0. The molecule has 18 heavy (non-hydrogen) atoms. The van der Waals surface area contributed by atoms with E-state index in [4.69, 9.17) is 0 Å². The smallest absolute Gasteiger partial charge is 0.405 e. The maximum absolute atomic E-state index is 12.1. The molecule has 0 aliphatic carbocycles. The number of hydrogen-bond donors (Lipinski definition) is 0. The number of rotatable bonds is 4. The summed E-state index contributed by atoms with van der Waals surface area (Å²) >= 11 is 0. The van der Waals surface area contributed by atoms with Crippen molar-refractivity contribution in [2.45, 2.75) is 19.7 Å². The van der Waals surface area contributed by atoms with E-state index in [1.165, 1.54) is 18.2 Å². The standard InChI is InChI=1S/C11H10F3NO3/c1-2-9(15(16)17)7-8-5-3-4-6-10(8)18-11(12,13)14/h3-7H,2H2,1H3/b9-7+. The molecule has 4 nitrogen and oxygen atoms in total. The lowest BCUT2D eigenvalue weighted by molar-refractivity contribution is -0.425. The molecule has 0 saturated carbocycles. The van der Waals surface area contributed by atoms with E-state index in [0.29, 0.717) is 0 Å². The molecule has 1 aromatic rings. The molecule has 0 aliphatic heterocycles. The predicted octanol–water partition coefficient (Wildman–Crippen LogP) is 3.61. The van der Waals surface area contributed by atoms with Gasteiger partial charge < -0.3 is 4.74 Å². The Balaban J connectivity index is 3.13. The van der Waals surface area contributed by atoms with Crippen molar-refractivity contribution in [3.05, 3.63) is 45.6 Å². The van der Waals surface area contributed by atoms with Crippen LogP contribution >= 0.6 is 0 Å². The summed E-state index contributed by atoms with van der Waals surface area (Å²) in [4.78, 5) is 9.97. The van der Waals surface area contributed by atoms with Gasteiger partial charge in [0.15, 0.2) is 0 Å². The van der Waals surface area contributed by atoms with Crippen molar-refractivity contribution in [3.63, 3.8) is 0 Å². The van der Waals surface area contributed by atoms with Crippen LogP contribution in [-0.2, 0) is 0 Å². The molecule has 7 heteroatoms. The molecule has 0 bridgehead atoms. The Labute approximate surface area is 101 Å². The molecule has 0 atom stereocenters. The quantitative estimate of drug-likeness (QED) is 0.614. The number of halogens is 3. The van der Waals surface area contributed by atoms with Gasteiger partial charge in [-0.25, -0.2) is 0 Å². The summed E-state index contributed by atoms with van der Waals surface area (Å²) < 4.78 is 40.2. The topological polar surface area (TPSA) is 52.4 Å². The van der Waals surface area contributed by atoms with Crippen LogP contribution < -0.4 is 4.74 Å². The Morgan fingerprint density at radius 1 is 1.44 bits per heavy atom. The summed E-state index contributed by atoms with van der Waals surface area (Å²) in [5.74, 6) is -0.460. The van der Waals surface area contributed by atoms with Crippen LogP contribution in [0.2, 0.25) is 0 Å². The van der Waals surface area contributed by atoms with Crippen molar-refractivity contribution in [2.75, 3.05) is 0 Å². The highest BCUT2D eigenvalue weighted by molar-refractivity contribution is 5.58. The number of alkyl halides is 3. The van der Waals surface area contributed by atoms with Gasteiger partial charge in [-0.05, 0) is 6.07 Å². The van der Waals surface area contributed by atoms with Crippen molar-refractivity contribution in [2.24, 2.45) is 0 Å². The molecule has 0 radical (unpaired) electrons. The van der Waals surface area contributed by atoms with E-state index < -0.39 is 17.0 Å². The minimum absolute atomic E-state index is 0.0170. The van der Waals surface area contributed by atoms with E-state index in [1.54, 1.807) is 6.92 Å². The fraction of sp³-hybridized carbons (Fsp3) is 0.273. The van der Waals surface area contributed by atoms with Gasteiger partial charge in [-0.3, -0.25) is 10.1 Å². The first-order valence-corrected chi connectivity index (χ1v) is 5.03. The molecule has 0 heterocycles. The van der Waals surface area contributed by atoms with E-state index in [1.807, 2.05) is 0 Å². The fourth-order valence-corrected chi connectivity index (χ4v) is 1.28. The number of ether oxygens (including phenoxy) is 1. The molecule has 98 valence electrons. The number of hydrogen-bond acceptors (Lipinski definition) is 3. The largest absolute Gasteiger partial charge is 0.573 e. The molecule has 0 aliphatic rings. The third kappa shape index (κ3) is 4.08. The maximum atomic E-state index is 12.1. The minimum Gasteiger partial charge on any atom is -0.405 e. The van der Waals surface area contributed by atoms with Crippen molar-refractivity contribution in [1.29, 1.82) is 0 Å². The van der Waals surface area contributed by atoms with Crippen LogP contribution in [0.25, 0.3) is 6.08 Å². The predicted molar refractivity (Wildman–Crippen MR) is 58.4 cm³/mol. The molecule has 1 rings (SSSR count). The lowest BCUT2D eigenvalue weighted by atomic mass is 10.1. The average molecular weight is 261 g/mol. The average Bonchev–Trinajstić information content (AvgIpc) is 2.25. The molecule has 0 unspecified atom stereocenters. The summed E-state index contributed by atoms with van der Waals surface area (Å²) in [6.07, 6.45) is -3.65. The Bertz CT molecular complexity index is 469. The van der Waals surface area contributed by atoms with Gasteiger partial charge in [0, 0.05) is 18.1 Å². The maximum Gasteiger partial charge on any atom is 0.573 e. The second kappa shape index (κ2) is 5.52. The zero-order valence-electron chi connectivity index (χ0n) is 9.40. The molecule has 0 N–H and O–H groups in total. The van der Waals surface area contributed by atoms with Crippen LogP contribution in [0.3, 0.4) is 0 Å². The van der Waals surface area contributed by atoms with Gasteiger partial charge in [0.2, 0.25) is 5.70 Å². The van der Waals surface area contributed by atoms with Crippen LogP contribution in [-0.4, -0.2) is 11.3 Å². The normalized spacial score (nSPS) is 12.3. The van der Waals surface area contributed by atoms with Crippen molar-refractivity contribution >= 4 is 6.08 Å². The van der Waals surface area contributed by atoms with Gasteiger partial charge in [0.25, 0.3) is 0 Å². The molecule has 0 amide bonds. The van der Waals surface area contributed by atoms with Crippen molar-refractivity contribution < 1.29 is 22.8 Å². The van der Waals surface area contributed by atoms with Crippen molar-refractivity contribution in [3.8, 4) is 5.75 Å². The Hall–Kier alpha value is -2.05. The summed E-state index contributed by atoms with van der Waals surface area (Å²) in [5.41, 5.74) is -0.170. The summed E-state index contributed by atoms with van der Waals surface area (Å²) in [6, 6.07) is 5.26. The highest BCUT2D eigenvalue weighted by atomic mass is 19.4. The second-order valence-electron chi connectivity index (χ2n) is 3.33. The number of nitrogens with zero attached hydrogens (tertiary/aromatic N) is 1. The Kier molecular flexibility index (Phi) is 4.30. The Morgan fingerprint density at radius 2 is 2.06 bits per heavy atom. The minimum atomic E-state index is -4.83. The van der Waals surface area contributed by atoms with Crippen molar-refractivity contribution in [1.82, 2.24) is 0 Å². The van der Waals surface area contributed by atoms with E-state index in [0.717, 1.165) is 12.1 Å². The fourth-order valence-electron chi connectivity index (χ4n) is 1.28. The van der Waals surface area contributed by atoms with Gasteiger partial charge >= 0.3 is 6.36 Å². The third-order valence-corrected chi connectivity index (χ3v) is 2.06. The van der Waals surface area contributed by atoms with Gasteiger partial charge in [0.05, 0.1) is 4.92 Å². The first-order valence-electron chi connectivity index (χ1n) is 5.03. The van der Waals surface area contributed by atoms with E-state index in [-0.39, 0.29) is 17.7 Å². The van der Waals surface area contributed by atoms with E-state index in [9.17, 15) is 23.3 Å². The van der Waals surface area contributed by atoms with Crippen LogP contribution in [0.1, 0.15) is 18.9 Å². The first-order chi connectivity index (χ1) is 8.33. The summed E-state index contributed by atoms with van der Waals surface area (Å²) in [5, 5.41) is 10.6. The number of allylic oxidation sites excluding steroid dienone is 1. The molecule has 0 saturated heterocycles. The lowest BCUT2D eigenvalue weighted by Gasteiger charge is -2.10. The SMILES string of the molecule is CC/C(=C\c1ccccc1OC(F)(F)F)[N+](=O)[O-]. The third-order valence-electron chi connectivity index (χ3n) is 2.06. The lowest BCUT2D eigenvalue weighted by Crippen LogP contribution is -2.17. The summed E-state index contributed by atoms with van der Waals surface area (Å²) in [6.45, 7) is 1.54. The monoisotopic (exact) mass is 261 g/mol. The molecular formula is C11H10F3NO3. The zero-order chi connectivity index (χ0) is 13.8. The van der Waals surface area contributed by atoms with E-state index >= 15 is 0 Å². The van der Waals surface area contributed by atoms with Gasteiger partial charge in [-0.15, -0.1) is 13.2 Å². The van der Waals surface area contributed by atoms with Crippen LogP contribution in [0, 0.1) is 10.1 Å². The zero-order valence-corrected chi connectivity index (χ0v) is 9.40. The highest BCUT2D eigenvalue weighted by Gasteiger charge is 2.32. The molecule has 0 fully saturated rings. The van der Waals surface area contributed by atoms with Gasteiger partial charge in [0.1, 0.15) is 5.75 Å². The number of benzene rings is 1. The van der Waals surface area contributed by atoms with Gasteiger partial charge in [-0.2, -0.15) is 0 Å².